The van der Waals surface area contributed by atoms with E-state index in [2.05, 4.69) is 39.8 Å². The van der Waals surface area contributed by atoms with Gasteiger partial charge >= 0.3 is 0 Å². The van der Waals surface area contributed by atoms with Gasteiger partial charge in [-0.25, -0.2) is 4.98 Å². The maximum Gasteiger partial charge on any atom is 0.240 e. The summed E-state index contributed by atoms with van der Waals surface area (Å²) in [5.41, 5.74) is 0.760. The first-order valence-corrected chi connectivity index (χ1v) is 8.67. The van der Waals surface area contributed by atoms with Crippen LogP contribution >= 0.6 is 11.3 Å². The minimum Gasteiger partial charge on any atom is -0.351 e. The Balaban J connectivity index is 2.54. The highest BCUT2D eigenvalue weighted by molar-refractivity contribution is 7.09. The number of carbonyl (C=O) groups excluding carboxylic acids is 1. The first-order valence-electron chi connectivity index (χ1n) is 7.79. The summed E-state index contributed by atoms with van der Waals surface area (Å²) in [6.07, 6.45) is 0. The topological polar surface area (TPSA) is 69.6 Å². The lowest BCUT2D eigenvalue weighted by Crippen LogP contribution is -2.48. The van der Waals surface area contributed by atoms with Crippen LogP contribution in [0.5, 0.6) is 0 Å². The number of carbonyl (C=O) groups is 1. The van der Waals surface area contributed by atoms with Gasteiger partial charge in [0.1, 0.15) is 0 Å². The standard InChI is InChI=1S/C16H29N5OS/c1-11(2)14-19-12(10-23-14)8-18-15(17-6)21(7)9-13(22)20-16(3,4)5/h10-11H,8-9H2,1-7H3,(H,17,18)(H,20,22). The maximum absolute atomic E-state index is 12.0. The molecule has 1 aromatic heterocycles. The minimum atomic E-state index is -0.233. The number of nitrogens with one attached hydrogen (secondary N) is 2. The van der Waals surface area contributed by atoms with Crippen LogP contribution in [0.25, 0.3) is 0 Å². The molecule has 7 heteroatoms. The molecule has 0 aliphatic rings. The molecule has 0 saturated heterocycles. The molecule has 2 N–H and O–H groups in total. The number of guanidine groups is 1. The van der Waals surface area contributed by atoms with Crippen LogP contribution in [-0.4, -0.2) is 47.9 Å². The van der Waals surface area contributed by atoms with Crippen LogP contribution in [0.1, 0.15) is 51.2 Å². The Labute approximate surface area is 143 Å². The second-order valence-corrected chi connectivity index (χ2v) is 7.78. The lowest BCUT2D eigenvalue weighted by atomic mass is 10.1. The van der Waals surface area contributed by atoms with Crippen LogP contribution < -0.4 is 10.6 Å². The smallest absolute Gasteiger partial charge is 0.240 e. The van der Waals surface area contributed by atoms with E-state index >= 15 is 0 Å². The van der Waals surface area contributed by atoms with E-state index in [1.54, 1.807) is 23.3 Å². The van der Waals surface area contributed by atoms with Gasteiger partial charge in [0.15, 0.2) is 5.96 Å². The zero-order valence-electron chi connectivity index (χ0n) is 15.2. The van der Waals surface area contributed by atoms with Crippen molar-refractivity contribution >= 4 is 23.2 Å². The van der Waals surface area contributed by atoms with E-state index in [0.29, 0.717) is 18.4 Å². The molecule has 0 saturated carbocycles. The van der Waals surface area contributed by atoms with Crippen LogP contribution in [-0.2, 0) is 11.3 Å². The van der Waals surface area contributed by atoms with Gasteiger partial charge in [-0.1, -0.05) is 13.8 Å². The molecule has 23 heavy (non-hydrogen) atoms. The van der Waals surface area contributed by atoms with Gasteiger partial charge in [-0.05, 0) is 20.8 Å². The number of aromatic nitrogens is 1. The normalized spacial score (nSPS) is 12.4. The van der Waals surface area contributed by atoms with Crippen molar-refractivity contribution in [3.8, 4) is 0 Å². The molecule has 0 atom stereocenters. The third-order valence-electron chi connectivity index (χ3n) is 2.96. The van der Waals surface area contributed by atoms with Crippen LogP contribution in [0.3, 0.4) is 0 Å². The fourth-order valence-corrected chi connectivity index (χ4v) is 2.81. The van der Waals surface area contributed by atoms with Gasteiger partial charge in [-0.2, -0.15) is 0 Å². The van der Waals surface area contributed by atoms with Crippen molar-refractivity contribution in [1.29, 1.82) is 0 Å². The maximum atomic E-state index is 12.0. The molecule has 1 amide bonds. The predicted molar refractivity (Wildman–Crippen MR) is 96.9 cm³/mol. The van der Waals surface area contributed by atoms with Crippen LogP contribution in [0.4, 0.5) is 0 Å². The Hall–Kier alpha value is -1.63. The highest BCUT2D eigenvalue weighted by atomic mass is 32.1. The van der Waals surface area contributed by atoms with Gasteiger partial charge < -0.3 is 15.5 Å². The molecule has 1 heterocycles. The molecule has 0 bridgehead atoms. The summed E-state index contributed by atoms with van der Waals surface area (Å²) in [6, 6.07) is 0. The number of aliphatic imine (C=N–C) groups is 1. The quantitative estimate of drug-likeness (QED) is 0.637. The van der Waals surface area contributed by atoms with Crippen LogP contribution in [0.2, 0.25) is 0 Å². The molecule has 0 aliphatic carbocycles. The Morgan fingerprint density at radius 2 is 2.09 bits per heavy atom. The Morgan fingerprint density at radius 1 is 1.43 bits per heavy atom. The van der Waals surface area contributed by atoms with Gasteiger partial charge in [-0.3, -0.25) is 9.79 Å². The molecule has 6 nitrogen and oxygen atoms in total. The third kappa shape index (κ3) is 6.99. The van der Waals surface area contributed by atoms with Gasteiger partial charge in [0.05, 0.1) is 23.8 Å². The highest BCUT2D eigenvalue weighted by Crippen LogP contribution is 2.18. The average molecular weight is 340 g/mol. The molecule has 130 valence electrons. The van der Waals surface area contributed by atoms with Crippen molar-refractivity contribution in [1.82, 2.24) is 20.5 Å². The lowest BCUT2D eigenvalue weighted by molar-refractivity contribution is -0.122. The first-order chi connectivity index (χ1) is 10.6. The van der Waals surface area contributed by atoms with Crippen molar-refractivity contribution < 1.29 is 4.79 Å². The van der Waals surface area contributed by atoms with E-state index in [0.717, 1.165) is 10.7 Å². The summed E-state index contributed by atoms with van der Waals surface area (Å²) in [5, 5.41) is 9.38. The third-order valence-corrected chi connectivity index (χ3v) is 4.15. The van der Waals surface area contributed by atoms with E-state index in [9.17, 15) is 4.79 Å². The number of hydrogen-bond donors (Lipinski definition) is 2. The first kappa shape index (κ1) is 19.4. The molecule has 1 aromatic rings. The summed E-state index contributed by atoms with van der Waals surface area (Å²) < 4.78 is 0. The van der Waals surface area contributed by atoms with Crippen molar-refractivity contribution in [2.45, 2.75) is 52.6 Å². The molecule has 0 unspecified atom stereocenters. The highest BCUT2D eigenvalue weighted by Gasteiger charge is 2.17. The minimum absolute atomic E-state index is 0.0290. The van der Waals surface area contributed by atoms with Crippen LogP contribution in [0, 0.1) is 0 Å². The molecule has 0 aromatic carbocycles. The molecule has 0 fully saturated rings. The van der Waals surface area contributed by atoms with E-state index in [4.69, 9.17) is 0 Å². The fraction of sp³-hybridized carbons (Fsp3) is 0.688. The van der Waals surface area contributed by atoms with Gasteiger partial charge in [-0.15, -0.1) is 11.3 Å². The summed E-state index contributed by atoms with van der Waals surface area (Å²) in [6.45, 7) is 11.0. The molecule has 0 spiro atoms. The van der Waals surface area contributed by atoms with Crippen molar-refractivity contribution in [3.05, 3.63) is 16.1 Å². The van der Waals surface area contributed by atoms with Gasteiger partial charge in [0, 0.05) is 30.9 Å². The fourth-order valence-electron chi connectivity index (χ4n) is 1.97. The number of amides is 1. The summed E-state index contributed by atoms with van der Waals surface area (Å²) in [7, 11) is 3.55. The van der Waals surface area contributed by atoms with Crippen molar-refractivity contribution in [3.63, 3.8) is 0 Å². The number of likely N-dealkylation sites (N-methyl/N-ethyl adjacent to an activating group) is 1. The van der Waals surface area contributed by atoms with Crippen molar-refractivity contribution in [2.75, 3.05) is 20.6 Å². The molecular formula is C16H29N5OS. The van der Waals surface area contributed by atoms with E-state index in [-0.39, 0.29) is 18.0 Å². The summed E-state index contributed by atoms with van der Waals surface area (Å²) in [5.74, 6) is 1.09. The largest absolute Gasteiger partial charge is 0.351 e. The number of hydrogen-bond acceptors (Lipinski definition) is 4. The molecule has 1 rings (SSSR count). The number of thiazole rings is 1. The summed E-state index contributed by atoms with van der Waals surface area (Å²) in [4.78, 5) is 22.6. The monoisotopic (exact) mass is 339 g/mol. The molecule has 0 aliphatic heterocycles. The van der Waals surface area contributed by atoms with Crippen molar-refractivity contribution in [2.24, 2.45) is 4.99 Å². The zero-order chi connectivity index (χ0) is 17.6. The Morgan fingerprint density at radius 3 is 2.57 bits per heavy atom. The van der Waals surface area contributed by atoms with Gasteiger partial charge in [0.2, 0.25) is 5.91 Å². The summed E-state index contributed by atoms with van der Waals surface area (Å²) >= 11 is 1.67. The second-order valence-electron chi connectivity index (χ2n) is 6.89. The van der Waals surface area contributed by atoms with Gasteiger partial charge in [0.25, 0.3) is 0 Å². The molecule has 0 radical (unpaired) electrons. The lowest BCUT2D eigenvalue weighted by Gasteiger charge is -2.25. The van der Waals surface area contributed by atoms with E-state index in [1.165, 1.54) is 0 Å². The number of nitrogens with zero attached hydrogens (tertiary/aromatic N) is 3. The average Bonchev–Trinajstić information content (AvgIpc) is 2.86. The van der Waals surface area contributed by atoms with E-state index in [1.807, 2.05) is 27.8 Å². The molecular weight excluding hydrogens is 310 g/mol. The zero-order valence-corrected chi connectivity index (χ0v) is 16.0. The SMILES string of the molecule is CN=C(NCc1csc(C(C)C)n1)N(C)CC(=O)NC(C)(C)C. The van der Waals surface area contributed by atoms with E-state index < -0.39 is 0 Å². The Kier molecular flexibility index (Phi) is 7.00. The van der Waals surface area contributed by atoms with Crippen LogP contribution in [0.15, 0.2) is 10.4 Å². The second kappa shape index (κ2) is 8.29. The number of rotatable bonds is 5. The predicted octanol–water partition coefficient (Wildman–Crippen LogP) is 2.19. The Bertz CT molecular complexity index is 545.